The van der Waals surface area contributed by atoms with Gasteiger partial charge in [-0.25, -0.2) is 9.37 Å². The number of aromatic nitrogens is 2. The van der Waals surface area contributed by atoms with Crippen LogP contribution in [0.25, 0.3) is 11.1 Å². The van der Waals surface area contributed by atoms with Crippen molar-refractivity contribution in [1.82, 2.24) is 14.5 Å². The smallest absolute Gasteiger partial charge is 0.291 e. The number of carbonyl (C=O) groups excluding carboxylic acids is 2. The summed E-state index contributed by atoms with van der Waals surface area (Å²) in [6, 6.07) is 12.8. The van der Waals surface area contributed by atoms with Crippen molar-refractivity contribution in [2.75, 3.05) is 31.3 Å². The number of fused-ring (bicyclic) bond motifs is 1. The number of imidazole rings is 1. The highest BCUT2D eigenvalue weighted by Crippen LogP contribution is 2.52. The van der Waals surface area contributed by atoms with E-state index >= 15 is 4.39 Å². The lowest BCUT2D eigenvalue weighted by atomic mass is 9.91. The number of hydrogen-bond acceptors (Lipinski definition) is 6. The number of rotatable bonds is 8. The Balaban J connectivity index is 1.31. The van der Waals surface area contributed by atoms with Gasteiger partial charge in [0.1, 0.15) is 0 Å². The van der Waals surface area contributed by atoms with E-state index in [1.807, 2.05) is 55.9 Å². The topological polar surface area (TPSA) is 88.5 Å². The van der Waals surface area contributed by atoms with Crippen LogP contribution < -0.4 is 15.4 Å². The van der Waals surface area contributed by atoms with E-state index in [0.29, 0.717) is 29.4 Å². The molecule has 0 bridgehead atoms. The molecule has 1 aliphatic heterocycles. The molecule has 4 aromatic rings. The molecule has 1 saturated carbocycles. The Bertz CT molecular complexity index is 1820. The molecule has 0 spiro atoms. The maximum atomic E-state index is 15.4. The fourth-order valence-corrected chi connectivity index (χ4v) is 6.70. The predicted octanol–water partition coefficient (Wildman–Crippen LogP) is 7.00. The Morgan fingerprint density at radius 3 is 2.57 bits per heavy atom. The van der Waals surface area contributed by atoms with Crippen molar-refractivity contribution in [2.24, 2.45) is 7.05 Å². The molecule has 1 aromatic heterocycles. The number of nitrogens with one attached hydrogen (secondary N) is 2. The molecule has 1 fully saturated rings. The minimum absolute atomic E-state index is 0.0419. The average molecular weight is 637 g/mol. The van der Waals surface area contributed by atoms with Gasteiger partial charge >= 0.3 is 0 Å². The summed E-state index contributed by atoms with van der Waals surface area (Å²) in [5, 5.41) is 6.79. The van der Waals surface area contributed by atoms with E-state index in [-0.39, 0.29) is 27.9 Å². The fraction of sp³-hybridized carbons (Fsp3) is 0.303. The third kappa shape index (κ3) is 5.12. The van der Waals surface area contributed by atoms with Crippen LogP contribution in [0.3, 0.4) is 0 Å². The highest BCUT2D eigenvalue weighted by Gasteiger charge is 2.46. The van der Waals surface area contributed by atoms with Crippen molar-refractivity contribution < 1.29 is 18.7 Å². The summed E-state index contributed by atoms with van der Waals surface area (Å²) >= 11 is 13.4. The highest BCUT2D eigenvalue weighted by atomic mass is 35.5. The molecule has 0 radical (unpaired) electrons. The maximum absolute atomic E-state index is 15.4. The van der Waals surface area contributed by atoms with Gasteiger partial charge in [0.25, 0.3) is 5.91 Å². The number of amides is 1. The molecule has 44 heavy (non-hydrogen) atoms. The van der Waals surface area contributed by atoms with E-state index < -0.39 is 11.4 Å². The van der Waals surface area contributed by atoms with Gasteiger partial charge in [0.2, 0.25) is 0 Å². The lowest BCUT2D eigenvalue weighted by molar-refractivity contribution is 0.101. The first kappa shape index (κ1) is 30.1. The van der Waals surface area contributed by atoms with Gasteiger partial charge in [-0.15, -0.1) is 0 Å². The second-order valence-electron chi connectivity index (χ2n) is 11.5. The third-order valence-electron chi connectivity index (χ3n) is 8.68. The second kappa shape index (κ2) is 11.5. The standard InChI is InChI=1S/C33H32Cl2FN5O3/c1-18-20(7-5-9-22(18)33(12-13-33)39-29-23(34)15-19(17-42)30(44-4)28(29)36)21-8-6-10-24(27(21)35)38-32(43)31-37-25-16-40(2)14-11-26(25)41(31)3/h5-10,15,17,39H,11-14,16H2,1-4H3,(H,38,43). The average Bonchev–Trinajstić information content (AvgIpc) is 3.71. The van der Waals surface area contributed by atoms with Crippen LogP contribution in [-0.2, 0) is 25.6 Å². The number of aldehydes is 1. The van der Waals surface area contributed by atoms with Gasteiger partial charge < -0.3 is 24.8 Å². The molecule has 0 unspecified atom stereocenters. The van der Waals surface area contributed by atoms with Gasteiger partial charge in [0, 0.05) is 37.8 Å². The zero-order valence-corrected chi connectivity index (χ0v) is 26.4. The van der Waals surface area contributed by atoms with Gasteiger partial charge in [0.15, 0.2) is 23.7 Å². The van der Waals surface area contributed by atoms with Gasteiger partial charge in [0.05, 0.1) is 45.3 Å². The van der Waals surface area contributed by atoms with E-state index in [4.69, 9.17) is 27.9 Å². The van der Waals surface area contributed by atoms with E-state index in [1.54, 1.807) is 6.07 Å². The Labute approximate surface area is 265 Å². The largest absolute Gasteiger partial charge is 0.493 e. The monoisotopic (exact) mass is 635 g/mol. The number of benzene rings is 3. The van der Waals surface area contributed by atoms with Crippen LogP contribution in [0.2, 0.25) is 10.0 Å². The van der Waals surface area contributed by atoms with Gasteiger partial charge in [-0.1, -0.05) is 53.5 Å². The first-order valence-electron chi connectivity index (χ1n) is 14.3. The molecule has 2 heterocycles. The maximum Gasteiger partial charge on any atom is 0.291 e. The Morgan fingerprint density at radius 1 is 1.14 bits per heavy atom. The first-order valence-corrected chi connectivity index (χ1v) is 15.1. The first-order chi connectivity index (χ1) is 21.1. The zero-order valence-electron chi connectivity index (χ0n) is 24.9. The zero-order chi connectivity index (χ0) is 31.3. The lowest BCUT2D eigenvalue weighted by Gasteiger charge is -2.25. The van der Waals surface area contributed by atoms with Gasteiger partial charge in [-0.05, 0) is 55.6 Å². The van der Waals surface area contributed by atoms with Crippen molar-refractivity contribution in [3.05, 3.63) is 92.2 Å². The fourth-order valence-electron chi connectivity index (χ4n) is 6.18. The molecule has 1 amide bonds. The summed E-state index contributed by atoms with van der Waals surface area (Å²) in [5.74, 6) is -0.855. The lowest BCUT2D eigenvalue weighted by Crippen LogP contribution is -2.27. The van der Waals surface area contributed by atoms with Crippen LogP contribution in [0.4, 0.5) is 15.8 Å². The van der Waals surface area contributed by atoms with E-state index in [1.165, 1.54) is 13.2 Å². The summed E-state index contributed by atoms with van der Waals surface area (Å²) in [6.45, 7) is 3.62. The molecule has 3 aromatic carbocycles. The van der Waals surface area contributed by atoms with Gasteiger partial charge in [-0.3, -0.25) is 9.59 Å². The van der Waals surface area contributed by atoms with E-state index in [9.17, 15) is 9.59 Å². The number of methoxy groups -OCH3 is 1. The predicted molar refractivity (Wildman–Crippen MR) is 171 cm³/mol. The number of carbonyl (C=O) groups is 2. The molecule has 11 heteroatoms. The van der Waals surface area contributed by atoms with Crippen molar-refractivity contribution in [3.63, 3.8) is 0 Å². The van der Waals surface area contributed by atoms with Crippen molar-refractivity contribution >= 4 is 46.8 Å². The van der Waals surface area contributed by atoms with Crippen molar-refractivity contribution in [2.45, 2.75) is 38.3 Å². The molecular weight excluding hydrogens is 604 g/mol. The summed E-state index contributed by atoms with van der Waals surface area (Å²) in [5.41, 5.74) is 5.59. The van der Waals surface area contributed by atoms with Crippen LogP contribution in [0.1, 0.15) is 56.3 Å². The van der Waals surface area contributed by atoms with Crippen molar-refractivity contribution in [3.8, 4) is 16.9 Å². The normalized spacial score (nSPS) is 15.4. The molecule has 2 aliphatic rings. The van der Waals surface area contributed by atoms with Crippen molar-refractivity contribution in [1.29, 1.82) is 0 Å². The second-order valence-corrected chi connectivity index (χ2v) is 12.3. The number of nitrogens with zero attached hydrogens (tertiary/aromatic N) is 3. The summed E-state index contributed by atoms with van der Waals surface area (Å²) in [6.07, 6.45) is 2.85. The number of likely N-dealkylation sites (N-methyl/N-ethyl adjacent to an activating group) is 1. The van der Waals surface area contributed by atoms with Crippen LogP contribution in [-0.4, -0.2) is 47.3 Å². The Kier molecular flexibility index (Phi) is 7.90. The number of hydrogen-bond donors (Lipinski definition) is 2. The molecule has 6 rings (SSSR count). The SMILES string of the molecule is COc1c(C=O)cc(Cl)c(NC2(c3cccc(-c4cccc(NC(=O)c5nc6c(n5C)CCN(C)C6)c4Cl)c3C)CC2)c1F. The highest BCUT2D eigenvalue weighted by molar-refractivity contribution is 6.36. The number of ether oxygens (including phenoxy) is 1. The molecule has 8 nitrogen and oxygen atoms in total. The Hall–Kier alpha value is -3.92. The quantitative estimate of drug-likeness (QED) is 0.203. The Morgan fingerprint density at radius 2 is 1.86 bits per heavy atom. The molecular formula is C33H32Cl2FN5O3. The summed E-state index contributed by atoms with van der Waals surface area (Å²) in [7, 11) is 5.22. The molecule has 1 aliphatic carbocycles. The molecule has 0 saturated heterocycles. The molecule has 228 valence electrons. The third-order valence-corrected chi connectivity index (χ3v) is 9.39. The number of anilines is 2. The van der Waals surface area contributed by atoms with E-state index in [0.717, 1.165) is 59.4 Å². The summed E-state index contributed by atoms with van der Waals surface area (Å²) in [4.78, 5) is 31.6. The molecule has 2 N–H and O–H groups in total. The van der Waals surface area contributed by atoms with Gasteiger partial charge in [-0.2, -0.15) is 0 Å². The van der Waals surface area contributed by atoms with Crippen LogP contribution in [0.5, 0.6) is 5.75 Å². The summed E-state index contributed by atoms with van der Waals surface area (Å²) < 4.78 is 22.5. The minimum Gasteiger partial charge on any atom is -0.493 e. The van der Waals surface area contributed by atoms with E-state index in [2.05, 4.69) is 20.5 Å². The number of halogens is 3. The van der Waals surface area contributed by atoms with Crippen LogP contribution in [0.15, 0.2) is 42.5 Å². The molecule has 0 atom stereocenters. The minimum atomic E-state index is -0.714. The van der Waals surface area contributed by atoms with Crippen LogP contribution in [0, 0.1) is 12.7 Å². The van der Waals surface area contributed by atoms with Crippen LogP contribution >= 0.6 is 23.2 Å².